The van der Waals surface area contributed by atoms with Crippen molar-refractivity contribution in [2.45, 2.75) is 53.4 Å². The van der Waals surface area contributed by atoms with Crippen molar-refractivity contribution in [2.24, 2.45) is 17.3 Å². The van der Waals surface area contributed by atoms with Crippen LogP contribution in [-0.2, 0) is 0 Å². The summed E-state index contributed by atoms with van der Waals surface area (Å²) < 4.78 is 0. The molecule has 66 valence electrons. The molecular formula is C11H22. The van der Waals surface area contributed by atoms with Crippen LogP contribution in [0.15, 0.2) is 0 Å². The third-order valence-electron chi connectivity index (χ3n) is 3.60. The highest BCUT2D eigenvalue weighted by atomic mass is 14.5. The highest BCUT2D eigenvalue weighted by molar-refractivity contribution is 4.92. The molecule has 0 aromatic rings. The first kappa shape index (κ1) is 9.09. The van der Waals surface area contributed by atoms with Crippen LogP contribution >= 0.6 is 0 Å². The lowest BCUT2D eigenvalue weighted by Crippen LogP contribution is -2.11. The first-order valence-electron chi connectivity index (χ1n) is 5.09. The normalized spacial score (nSPS) is 23.7. The molecule has 11 heavy (non-hydrogen) atoms. The fraction of sp³-hybridized carbons (Fsp3) is 1.00. The summed E-state index contributed by atoms with van der Waals surface area (Å²) in [5.41, 5.74) is 0.795. The zero-order valence-corrected chi connectivity index (χ0v) is 8.48. The van der Waals surface area contributed by atoms with Crippen LogP contribution in [0, 0.1) is 17.3 Å². The van der Waals surface area contributed by atoms with E-state index in [1.54, 1.807) is 0 Å². The quantitative estimate of drug-likeness (QED) is 0.577. The average Bonchev–Trinajstić information content (AvgIpc) is 2.69. The molecule has 1 aliphatic carbocycles. The molecule has 1 fully saturated rings. The molecule has 0 heterocycles. The zero-order chi connectivity index (χ0) is 8.48. The average molecular weight is 154 g/mol. The van der Waals surface area contributed by atoms with Gasteiger partial charge in [-0.25, -0.2) is 0 Å². The molecule has 0 aromatic heterocycles. The maximum absolute atomic E-state index is 2.40. The zero-order valence-electron chi connectivity index (χ0n) is 8.48. The molecule has 0 heteroatoms. The third kappa shape index (κ3) is 2.21. The van der Waals surface area contributed by atoms with Crippen molar-refractivity contribution in [3.63, 3.8) is 0 Å². The van der Waals surface area contributed by atoms with Gasteiger partial charge in [0, 0.05) is 0 Å². The third-order valence-corrected chi connectivity index (χ3v) is 3.60. The second-order valence-corrected chi connectivity index (χ2v) is 4.78. The Kier molecular flexibility index (Phi) is 2.61. The standard InChI is InChI=1S/C11H22/c1-5-11(6-7-11)8-10(4)9(2)3/h9-10H,5-8H2,1-4H3. The van der Waals surface area contributed by atoms with Gasteiger partial charge in [-0.1, -0.05) is 34.1 Å². The van der Waals surface area contributed by atoms with E-state index in [1.807, 2.05) is 0 Å². The molecule has 1 unspecified atom stereocenters. The van der Waals surface area contributed by atoms with Crippen molar-refractivity contribution in [2.75, 3.05) is 0 Å². The van der Waals surface area contributed by atoms with Gasteiger partial charge in [-0.15, -0.1) is 0 Å². The monoisotopic (exact) mass is 154 g/mol. The lowest BCUT2D eigenvalue weighted by molar-refractivity contribution is 0.297. The minimum atomic E-state index is 0.795. The molecular weight excluding hydrogens is 132 g/mol. The van der Waals surface area contributed by atoms with E-state index in [2.05, 4.69) is 27.7 Å². The largest absolute Gasteiger partial charge is 0.0649 e. The van der Waals surface area contributed by atoms with Crippen LogP contribution in [-0.4, -0.2) is 0 Å². The molecule has 0 saturated heterocycles. The van der Waals surface area contributed by atoms with Crippen molar-refractivity contribution in [3.8, 4) is 0 Å². The Hall–Kier alpha value is 0. The Morgan fingerprint density at radius 1 is 1.18 bits per heavy atom. The molecule has 1 atom stereocenters. The molecule has 0 nitrogen and oxygen atoms in total. The predicted octanol–water partition coefficient (Wildman–Crippen LogP) is 3.86. The van der Waals surface area contributed by atoms with Gasteiger partial charge in [0.05, 0.1) is 0 Å². The SMILES string of the molecule is CCC1(CC(C)C(C)C)CC1. The van der Waals surface area contributed by atoms with E-state index < -0.39 is 0 Å². The van der Waals surface area contributed by atoms with E-state index in [1.165, 1.54) is 25.7 Å². The molecule has 1 rings (SSSR count). The van der Waals surface area contributed by atoms with Crippen LogP contribution in [0.25, 0.3) is 0 Å². The van der Waals surface area contributed by atoms with Crippen molar-refractivity contribution < 1.29 is 0 Å². The summed E-state index contributed by atoms with van der Waals surface area (Å²) in [4.78, 5) is 0. The highest BCUT2D eigenvalue weighted by Crippen LogP contribution is 2.53. The van der Waals surface area contributed by atoms with E-state index in [0.717, 1.165) is 17.3 Å². The summed E-state index contributed by atoms with van der Waals surface area (Å²) >= 11 is 0. The van der Waals surface area contributed by atoms with Gasteiger partial charge in [0.2, 0.25) is 0 Å². The van der Waals surface area contributed by atoms with Gasteiger partial charge in [-0.2, -0.15) is 0 Å². The van der Waals surface area contributed by atoms with Gasteiger partial charge in [-0.3, -0.25) is 0 Å². The summed E-state index contributed by atoms with van der Waals surface area (Å²) in [6.45, 7) is 9.44. The highest BCUT2D eigenvalue weighted by Gasteiger charge is 2.41. The molecule has 0 radical (unpaired) electrons. The Morgan fingerprint density at radius 3 is 2.00 bits per heavy atom. The molecule has 1 aliphatic rings. The molecule has 0 spiro atoms. The minimum absolute atomic E-state index is 0.795. The van der Waals surface area contributed by atoms with Crippen molar-refractivity contribution in [1.82, 2.24) is 0 Å². The lowest BCUT2D eigenvalue weighted by atomic mass is 9.85. The van der Waals surface area contributed by atoms with E-state index in [9.17, 15) is 0 Å². The summed E-state index contributed by atoms with van der Waals surface area (Å²) in [5.74, 6) is 1.80. The summed E-state index contributed by atoms with van der Waals surface area (Å²) in [6.07, 6.45) is 5.88. The fourth-order valence-corrected chi connectivity index (χ4v) is 1.80. The van der Waals surface area contributed by atoms with E-state index in [4.69, 9.17) is 0 Å². The van der Waals surface area contributed by atoms with Gasteiger partial charge in [0.1, 0.15) is 0 Å². The van der Waals surface area contributed by atoms with Gasteiger partial charge in [-0.05, 0) is 36.5 Å². The van der Waals surface area contributed by atoms with Crippen LogP contribution in [0.5, 0.6) is 0 Å². The van der Waals surface area contributed by atoms with E-state index in [0.29, 0.717) is 0 Å². The van der Waals surface area contributed by atoms with Crippen molar-refractivity contribution in [3.05, 3.63) is 0 Å². The number of hydrogen-bond donors (Lipinski definition) is 0. The molecule has 0 amide bonds. The number of hydrogen-bond acceptors (Lipinski definition) is 0. The number of rotatable bonds is 4. The van der Waals surface area contributed by atoms with Crippen molar-refractivity contribution in [1.29, 1.82) is 0 Å². The predicted molar refractivity (Wildman–Crippen MR) is 50.6 cm³/mol. The maximum atomic E-state index is 2.40. The fourth-order valence-electron chi connectivity index (χ4n) is 1.80. The maximum Gasteiger partial charge on any atom is -0.0297 e. The second kappa shape index (κ2) is 3.16. The Balaban J connectivity index is 2.30. The first-order chi connectivity index (χ1) is 5.09. The van der Waals surface area contributed by atoms with Gasteiger partial charge in [0.15, 0.2) is 0 Å². The van der Waals surface area contributed by atoms with Crippen molar-refractivity contribution >= 4 is 0 Å². The molecule has 1 saturated carbocycles. The van der Waals surface area contributed by atoms with Crippen LogP contribution in [0.2, 0.25) is 0 Å². The Bertz CT molecular complexity index is 120. The molecule has 0 bridgehead atoms. The van der Waals surface area contributed by atoms with Gasteiger partial charge >= 0.3 is 0 Å². The van der Waals surface area contributed by atoms with Crippen LogP contribution in [0.3, 0.4) is 0 Å². The van der Waals surface area contributed by atoms with Gasteiger partial charge in [0.25, 0.3) is 0 Å². The Morgan fingerprint density at radius 2 is 1.73 bits per heavy atom. The van der Waals surface area contributed by atoms with Gasteiger partial charge < -0.3 is 0 Å². The summed E-state index contributed by atoms with van der Waals surface area (Å²) in [5, 5.41) is 0. The molecule has 0 N–H and O–H groups in total. The van der Waals surface area contributed by atoms with Crippen LogP contribution in [0.4, 0.5) is 0 Å². The summed E-state index contributed by atoms with van der Waals surface area (Å²) in [7, 11) is 0. The molecule has 0 aliphatic heterocycles. The lowest BCUT2D eigenvalue weighted by Gasteiger charge is -2.21. The first-order valence-corrected chi connectivity index (χ1v) is 5.09. The molecule has 0 aromatic carbocycles. The minimum Gasteiger partial charge on any atom is -0.0649 e. The smallest absolute Gasteiger partial charge is 0.0297 e. The topological polar surface area (TPSA) is 0 Å². The van der Waals surface area contributed by atoms with E-state index in [-0.39, 0.29) is 0 Å². The van der Waals surface area contributed by atoms with E-state index >= 15 is 0 Å². The second-order valence-electron chi connectivity index (χ2n) is 4.78. The van der Waals surface area contributed by atoms with Crippen LogP contribution in [0.1, 0.15) is 53.4 Å². The van der Waals surface area contributed by atoms with Crippen LogP contribution < -0.4 is 0 Å². The Labute approximate surface area is 71.4 Å². The summed E-state index contributed by atoms with van der Waals surface area (Å²) in [6, 6.07) is 0.